The van der Waals surface area contributed by atoms with Crippen LogP contribution < -0.4 is 5.73 Å². The highest BCUT2D eigenvalue weighted by Crippen LogP contribution is 1.99. The number of carbonyl (C=O) groups is 1. The number of rotatable bonds is 5. The molecule has 0 saturated carbocycles. The number of esters is 1. The molecular weight excluding hydrogens is 234 g/mol. The zero-order chi connectivity index (χ0) is 13.0. The molecule has 96 valence electrons. The van der Waals surface area contributed by atoms with Gasteiger partial charge in [-0.15, -0.1) is 0 Å². The van der Waals surface area contributed by atoms with Crippen LogP contribution in [0.2, 0.25) is 0 Å². The highest BCUT2D eigenvalue weighted by atomic mass is 16.5. The number of aromatic nitrogens is 4. The van der Waals surface area contributed by atoms with Gasteiger partial charge in [-0.1, -0.05) is 0 Å². The van der Waals surface area contributed by atoms with E-state index in [1.54, 1.807) is 23.1 Å². The van der Waals surface area contributed by atoms with Gasteiger partial charge in [-0.2, -0.15) is 10.2 Å². The van der Waals surface area contributed by atoms with E-state index in [-0.39, 0.29) is 12.5 Å². The third-order valence-corrected chi connectivity index (χ3v) is 2.50. The zero-order valence-corrected chi connectivity index (χ0v) is 10.1. The minimum Gasteiger partial charge on any atom is -0.464 e. The van der Waals surface area contributed by atoms with E-state index in [0.717, 1.165) is 5.69 Å². The molecule has 0 atom stereocenters. The lowest BCUT2D eigenvalue weighted by molar-refractivity contribution is -0.144. The molecule has 2 N–H and O–H groups in total. The van der Waals surface area contributed by atoms with Crippen LogP contribution in [0.3, 0.4) is 0 Å². The molecule has 0 aliphatic heterocycles. The maximum atomic E-state index is 11.5. The predicted octanol–water partition coefficient (Wildman–Crippen LogP) is -0.0153. The predicted molar refractivity (Wildman–Crippen MR) is 64.5 cm³/mol. The van der Waals surface area contributed by atoms with Crippen molar-refractivity contribution < 1.29 is 9.53 Å². The van der Waals surface area contributed by atoms with Crippen LogP contribution in [0.15, 0.2) is 24.5 Å². The summed E-state index contributed by atoms with van der Waals surface area (Å²) in [6, 6.07) is 3.52. The monoisotopic (exact) mass is 249 g/mol. The van der Waals surface area contributed by atoms with Gasteiger partial charge in [-0.25, -0.2) is 0 Å². The van der Waals surface area contributed by atoms with Crippen LogP contribution in [0, 0.1) is 0 Å². The molecule has 0 radical (unpaired) electrons. The van der Waals surface area contributed by atoms with E-state index < -0.39 is 0 Å². The fourth-order valence-corrected chi connectivity index (χ4v) is 1.56. The number of hydrogen-bond donors (Lipinski definition) is 1. The Bertz CT molecular complexity index is 531. The summed E-state index contributed by atoms with van der Waals surface area (Å²) >= 11 is 0. The molecule has 2 rings (SSSR count). The Balaban J connectivity index is 1.74. The third-order valence-electron chi connectivity index (χ3n) is 2.50. The molecule has 2 aromatic heterocycles. The second-order valence-electron chi connectivity index (χ2n) is 3.85. The Hall–Kier alpha value is -2.31. The lowest BCUT2D eigenvalue weighted by atomic mass is 10.3. The smallest absolute Gasteiger partial charge is 0.327 e. The Morgan fingerprint density at radius 3 is 2.94 bits per heavy atom. The van der Waals surface area contributed by atoms with E-state index in [2.05, 4.69) is 10.2 Å². The molecule has 0 aliphatic rings. The van der Waals surface area contributed by atoms with Gasteiger partial charge in [0.15, 0.2) is 0 Å². The van der Waals surface area contributed by atoms with Gasteiger partial charge in [0.2, 0.25) is 0 Å². The standard InChI is InChI=1S/C11H15N5O2/c1-15-9(2-5-13-15)4-7-18-11(17)8-16-6-3-10(12)14-16/h2-3,5-6H,4,7-8H2,1H3,(H2,12,14). The largest absolute Gasteiger partial charge is 0.464 e. The molecule has 0 spiro atoms. The first kappa shape index (κ1) is 12.2. The van der Waals surface area contributed by atoms with Gasteiger partial charge < -0.3 is 10.5 Å². The average molecular weight is 249 g/mol. The number of nitrogens with zero attached hydrogens (tertiary/aromatic N) is 4. The summed E-state index contributed by atoms with van der Waals surface area (Å²) < 4.78 is 8.30. The molecule has 18 heavy (non-hydrogen) atoms. The second-order valence-corrected chi connectivity index (χ2v) is 3.85. The van der Waals surface area contributed by atoms with Gasteiger partial charge in [0.1, 0.15) is 12.4 Å². The van der Waals surface area contributed by atoms with Gasteiger partial charge >= 0.3 is 5.97 Å². The quantitative estimate of drug-likeness (QED) is 0.753. The first-order valence-corrected chi connectivity index (χ1v) is 5.56. The second kappa shape index (κ2) is 5.35. The first-order valence-electron chi connectivity index (χ1n) is 5.56. The molecule has 7 heteroatoms. The van der Waals surface area contributed by atoms with Crippen LogP contribution in [-0.4, -0.2) is 32.1 Å². The molecule has 0 saturated heterocycles. The SMILES string of the molecule is Cn1nccc1CCOC(=O)Cn1ccc(N)n1. The van der Waals surface area contributed by atoms with Crippen molar-refractivity contribution in [1.82, 2.24) is 19.6 Å². The number of anilines is 1. The summed E-state index contributed by atoms with van der Waals surface area (Å²) in [7, 11) is 1.85. The molecule has 0 fully saturated rings. The number of aryl methyl sites for hydroxylation is 1. The summed E-state index contributed by atoms with van der Waals surface area (Å²) in [5.41, 5.74) is 6.46. The fraction of sp³-hybridized carbons (Fsp3) is 0.364. The van der Waals surface area contributed by atoms with Gasteiger partial charge in [0.25, 0.3) is 0 Å². The molecular formula is C11H15N5O2. The van der Waals surface area contributed by atoms with Crippen LogP contribution >= 0.6 is 0 Å². The summed E-state index contributed by atoms with van der Waals surface area (Å²) in [6.07, 6.45) is 3.99. The number of nitrogens with two attached hydrogens (primary N) is 1. The van der Waals surface area contributed by atoms with E-state index in [1.165, 1.54) is 4.68 Å². The van der Waals surface area contributed by atoms with Gasteiger partial charge in [0.05, 0.1) is 6.61 Å². The minimum atomic E-state index is -0.333. The van der Waals surface area contributed by atoms with Gasteiger partial charge in [-0.3, -0.25) is 14.2 Å². The van der Waals surface area contributed by atoms with Crippen LogP contribution in [-0.2, 0) is 29.5 Å². The van der Waals surface area contributed by atoms with Gasteiger partial charge in [-0.05, 0) is 12.1 Å². The van der Waals surface area contributed by atoms with E-state index in [1.807, 2.05) is 13.1 Å². The fourth-order valence-electron chi connectivity index (χ4n) is 1.56. The van der Waals surface area contributed by atoms with Crippen LogP contribution in [0.5, 0.6) is 0 Å². The summed E-state index contributed by atoms with van der Waals surface area (Å²) in [5.74, 6) is 0.0537. The number of hydrogen-bond acceptors (Lipinski definition) is 5. The van der Waals surface area contributed by atoms with Crippen LogP contribution in [0.25, 0.3) is 0 Å². The Morgan fingerprint density at radius 2 is 2.33 bits per heavy atom. The van der Waals surface area contributed by atoms with Crippen molar-refractivity contribution in [3.8, 4) is 0 Å². The van der Waals surface area contributed by atoms with Crippen LogP contribution in [0.4, 0.5) is 5.82 Å². The highest BCUT2D eigenvalue weighted by molar-refractivity contribution is 5.69. The topological polar surface area (TPSA) is 88.0 Å². The Labute approximate surface area is 104 Å². The zero-order valence-electron chi connectivity index (χ0n) is 10.1. The Kier molecular flexibility index (Phi) is 3.61. The molecule has 7 nitrogen and oxygen atoms in total. The number of carbonyl (C=O) groups excluding carboxylic acids is 1. The molecule has 0 aromatic carbocycles. The summed E-state index contributed by atoms with van der Waals surface area (Å²) in [6.45, 7) is 0.401. The molecule has 0 unspecified atom stereocenters. The number of ether oxygens (including phenoxy) is 1. The van der Waals surface area contributed by atoms with Gasteiger partial charge in [0, 0.05) is 31.6 Å². The highest BCUT2D eigenvalue weighted by Gasteiger charge is 2.06. The third kappa shape index (κ3) is 3.09. The Morgan fingerprint density at radius 1 is 1.50 bits per heavy atom. The van der Waals surface area contributed by atoms with Crippen molar-refractivity contribution >= 4 is 11.8 Å². The van der Waals surface area contributed by atoms with E-state index in [0.29, 0.717) is 18.8 Å². The number of nitrogen functional groups attached to an aromatic ring is 1. The van der Waals surface area contributed by atoms with E-state index in [4.69, 9.17) is 10.5 Å². The van der Waals surface area contributed by atoms with Crippen molar-refractivity contribution in [1.29, 1.82) is 0 Å². The van der Waals surface area contributed by atoms with Crippen LogP contribution in [0.1, 0.15) is 5.69 Å². The lowest BCUT2D eigenvalue weighted by Gasteiger charge is -2.05. The minimum absolute atomic E-state index is 0.0720. The maximum Gasteiger partial charge on any atom is 0.327 e. The first-order chi connectivity index (χ1) is 8.65. The van der Waals surface area contributed by atoms with Crippen molar-refractivity contribution in [2.24, 2.45) is 7.05 Å². The summed E-state index contributed by atoms with van der Waals surface area (Å²) in [4.78, 5) is 11.5. The summed E-state index contributed by atoms with van der Waals surface area (Å²) in [5, 5.41) is 7.94. The van der Waals surface area contributed by atoms with Crippen molar-refractivity contribution in [3.05, 3.63) is 30.2 Å². The molecule has 0 aliphatic carbocycles. The molecule has 0 bridgehead atoms. The lowest BCUT2D eigenvalue weighted by Crippen LogP contribution is -2.16. The maximum absolute atomic E-state index is 11.5. The van der Waals surface area contributed by atoms with Crippen molar-refractivity contribution in [2.75, 3.05) is 12.3 Å². The van der Waals surface area contributed by atoms with E-state index >= 15 is 0 Å². The molecule has 2 heterocycles. The van der Waals surface area contributed by atoms with E-state index in [9.17, 15) is 4.79 Å². The molecule has 2 aromatic rings. The normalized spacial score (nSPS) is 10.5. The molecule has 0 amide bonds. The average Bonchev–Trinajstić information content (AvgIpc) is 2.89. The van der Waals surface area contributed by atoms with Crippen molar-refractivity contribution in [3.63, 3.8) is 0 Å². The van der Waals surface area contributed by atoms with Crippen molar-refractivity contribution in [2.45, 2.75) is 13.0 Å².